The minimum atomic E-state index is 0.0993. The zero-order valence-electron chi connectivity index (χ0n) is 11.7. The quantitative estimate of drug-likeness (QED) is 0.506. The van der Waals surface area contributed by atoms with E-state index in [1.165, 1.54) is 0 Å². The molecule has 0 saturated carbocycles. The van der Waals surface area contributed by atoms with E-state index in [1.807, 2.05) is 42.5 Å². The Morgan fingerprint density at radius 1 is 1.14 bits per heavy atom. The number of hydrogen-bond acceptors (Lipinski definition) is 4. The molecule has 3 nitrogen and oxygen atoms in total. The monoisotopic (exact) mass is 299 g/mol. The number of pyridine rings is 1. The molecule has 0 fully saturated rings. The number of aliphatic hydroxyl groups excluding tert-OH is 1. The molecule has 0 aliphatic rings. The van der Waals surface area contributed by atoms with E-state index in [4.69, 9.17) is 9.84 Å². The average molecular weight is 299 g/mol. The summed E-state index contributed by atoms with van der Waals surface area (Å²) in [5, 5.41) is 9.67. The number of hydrogen-bond donors (Lipinski definition) is 1. The third-order valence-corrected chi connectivity index (χ3v) is 3.47. The summed E-state index contributed by atoms with van der Waals surface area (Å²) in [4.78, 5) is 4.24. The zero-order valence-corrected chi connectivity index (χ0v) is 12.5. The maximum atomic E-state index is 8.66. The number of ether oxygens (including phenoxy) is 1. The van der Waals surface area contributed by atoms with Crippen molar-refractivity contribution in [2.24, 2.45) is 0 Å². The third-order valence-electron chi connectivity index (χ3n) is 2.56. The van der Waals surface area contributed by atoms with Crippen LogP contribution in [0.3, 0.4) is 0 Å². The van der Waals surface area contributed by atoms with Crippen LogP contribution in [0.15, 0.2) is 53.7 Å². The Morgan fingerprint density at radius 2 is 2.00 bits per heavy atom. The van der Waals surface area contributed by atoms with E-state index in [0.29, 0.717) is 13.0 Å². The first-order valence-corrected chi connectivity index (χ1v) is 7.73. The van der Waals surface area contributed by atoms with Crippen LogP contribution in [0.1, 0.15) is 12.0 Å². The summed E-state index contributed by atoms with van der Waals surface area (Å²) in [6, 6.07) is 13.5. The van der Waals surface area contributed by atoms with Gasteiger partial charge in [-0.25, -0.2) is 4.98 Å². The van der Waals surface area contributed by atoms with Gasteiger partial charge in [-0.15, -0.1) is 11.8 Å². The summed E-state index contributed by atoms with van der Waals surface area (Å²) in [6.45, 7) is 0.735. The number of aliphatic hydroxyl groups is 1. The van der Waals surface area contributed by atoms with Crippen molar-refractivity contribution in [2.45, 2.75) is 11.4 Å². The molecule has 1 aromatic carbocycles. The van der Waals surface area contributed by atoms with Gasteiger partial charge in [0.15, 0.2) is 0 Å². The zero-order chi connectivity index (χ0) is 14.8. The Morgan fingerprint density at radius 3 is 2.71 bits per heavy atom. The molecule has 0 unspecified atom stereocenters. The summed E-state index contributed by atoms with van der Waals surface area (Å²) < 4.78 is 5.67. The predicted molar refractivity (Wildman–Crippen MR) is 85.5 cm³/mol. The fourth-order valence-electron chi connectivity index (χ4n) is 1.59. The first-order valence-electron chi connectivity index (χ1n) is 6.75. The van der Waals surface area contributed by atoms with Gasteiger partial charge in [0, 0.05) is 23.9 Å². The van der Waals surface area contributed by atoms with Crippen LogP contribution >= 0.6 is 11.8 Å². The summed E-state index contributed by atoms with van der Waals surface area (Å²) in [6.07, 6.45) is 2.29. The minimum absolute atomic E-state index is 0.0993. The fourth-order valence-corrected chi connectivity index (χ4v) is 2.28. The topological polar surface area (TPSA) is 42.4 Å². The van der Waals surface area contributed by atoms with Crippen LogP contribution in [0.4, 0.5) is 0 Å². The van der Waals surface area contributed by atoms with Crippen LogP contribution in [0, 0.1) is 11.8 Å². The lowest BCUT2D eigenvalue weighted by Crippen LogP contribution is -2.00. The highest BCUT2D eigenvalue weighted by molar-refractivity contribution is 7.99. The van der Waals surface area contributed by atoms with Gasteiger partial charge in [0.1, 0.15) is 5.75 Å². The van der Waals surface area contributed by atoms with Gasteiger partial charge in [-0.1, -0.05) is 17.9 Å². The maximum Gasteiger partial charge on any atom is 0.119 e. The fraction of sp³-hybridized carbons (Fsp3) is 0.235. The summed E-state index contributed by atoms with van der Waals surface area (Å²) in [5.41, 5.74) is 0.929. The Kier molecular flexibility index (Phi) is 6.66. The van der Waals surface area contributed by atoms with Crippen molar-refractivity contribution in [1.29, 1.82) is 0 Å². The van der Waals surface area contributed by atoms with Gasteiger partial charge in [-0.2, -0.15) is 0 Å². The van der Waals surface area contributed by atoms with E-state index >= 15 is 0 Å². The molecule has 1 aromatic heterocycles. The Labute approximate surface area is 129 Å². The Bertz CT molecular complexity index is 588. The molecule has 0 aliphatic heterocycles. The van der Waals surface area contributed by atoms with Gasteiger partial charge in [-0.3, -0.25) is 0 Å². The lowest BCUT2D eigenvalue weighted by Gasteiger charge is -2.05. The highest BCUT2D eigenvalue weighted by Crippen LogP contribution is 2.15. The summed E-state index contributed by atoms with van der Waals surface area (Å²) in [7, 11) is 0. The number of benzene rings is 1. The van der Waals surface area contributed by atoms with Gasteiger partial charge < -0.3 is 9.84 Å². The van der Waals surface area contributed by atoms with Crippen LogP contribution in [0.5, 0.6) is 5.75 Å². The van der Waals surface area contributed by atoms with E-state index in [-0.39, 0.29) is 6.61 Å². The molecule has 21 heavy (non-hydrogen) atoms. The Hall–Kier alpha value is -1.96. The maximum absolute atomic E-state index is 8.66. The van der Waals surface area contributed by atoms with Crippen LogP contribution < -0.4 is 4.74 Å². The van der Waals surface area contributed by atoms with E-state index in [9.17, 15) is 0 Å². The molecule has 2 rings (SSSR count). The second-order valence-electron chi connectivity index (χ2n) is 4.16. The lowest BCUT2D eigenvalue weighted by atomic mass is 10.2. The first kappa shape index (κ1) is 15.4. The van der Waals surface area contributed by atoms with Crippen molar-refractivity contribution in [3.8, 4) is 17.6 Å². The number of rotatable bonds is 6. The van der Waals surface area contributed by atoms with Crippen molar-refractivity contribution < 1.29 is 9.84 Å². The molecule has 1 N–H and O–H groups in total. The smallest absolute Gasteiger partial charge is 0.119 e. The number of nitrogens with zero attached hydrogens (tertiary/aromatic N) is 1. The van der Waals surface area contributed by atoms with Gasteiger partial charge in [0.25, 0.3) is 0 Å². The van der Waals surface area contributed by atoms with Gasteiger partial charge in [0.2, 0.25) is 0 Å². The molecule has 0 radical (unpaired) electrons. The summed E-state index contributed by atoms with van der Waals surface area (Å²) in [5.74, 6) is 7.57. The highest BCUT2D eigenvalue weighted by Gasteiger charge is 1.96. The van der Waals surface area contributed by atoms with Gasteiger partial charge >= 0.3 is 0 Å². The highest BCUT2D eigenvalue weighted by atomic mass is 32.2. The molecule has 2 aromatic rings. The molecule has 0 atom stereocenters. The average Bonchev–Trinajstić information content (AvgIpc) is 2.54. The second kappa shape index (κ2) is 9.06. The van der Waals surface area contributed by atoms with Gasteiger partial charge in [-0.05, 0) is 36.4 Å². The third kappa shape index (κ3) is 5.90. The van der Waals surface area contributed by atoms with Gasteiger partial charge in [0.05, 0.1) is 18.2 Å². The van der Waals surface area contributed by atoms with Crippen molar-refractivity contribution in [3.63, 3.8) is 0 Å². The largest absolute Gasteiger partial charge is 0.493 e. The summed E-state index contributed by atoms with van der Waals surface area (Å²) >= 11 is 1.67. The first-order chi connectivity index (χ1) is 10.4. The van der Waals surface area contributed by atoms with Crippen LogP contribution in [-0.2, 0) is 0 Å². The molecule has 0 spiro atoms. The SMILES string of the molecule is OCCC#Cc1ccc(OCCSc2ccccn2)cc1. The molecule has 1 heterocycles. The number of thioether (sulfide) groups is 1. The lowest BCUT2D eigenvalue weighted by molar-refractivity contribution is 0.305. The molecule has 4 heteroatoms. The predicted octanol–water partition coefficient (Wildman–Crippen LogP) is 2.99. The van der Waals surface area contributed by atoms with Crippen molar-refractivity contribution in [2.75, 3.05) is 19.0 Å². The number of aromatic nitrogens is 1. The normalized spacial score (nSPS) is 9.76. The van der Waals surface area contributed by atoms with Crippen LogP contribution in [0.2, 0.25) is 0 Å². The van der Waals surface area contributed by atoms with Crippen LogP contribution in [0.25, 0.3) is 0 Å². The van der Waals surface area contributed by atoms with E-state index in [2.05, 4.69) is 16.8 Å². The van der Waals surface area contributed by atoms with E-state index < -0.39 is 0 Å². The standard InChI is InChI=1S/C17H17NO2S/c19-12-4-2-5-15-7-9-16(10-8-15)20-13-14-21-17-6-1-3-11-18-17/h1,3,6-11,19H,4,12-14H2. The van der Waals surface area contributed by atoms with E-state index in [1.54, 1.807) is 18.0 Å². The molecular weight excluding hydrogens is 282 g/mol. The minimum Gasteiger partial charge on any atom is -0.493 e. The molecule has 0 bridgehead atoms. The van der Waals surface area contributed by atoms with Crippen LogP contribution in [-0.4, -0.2) is 29.1 Å². The van der Waals surface area contributed by atoms with Crippen molar-refractivity contribution in [1.82, 2.24) is 4.98 Å². The molecule has 0 saturated heterocycles. The molecule has 108 valence electrons. The second-order valence-corrected chi connectivity index (χ2v) is 5.28. The molecular formula is C17H17NO2S. The molecule has 0 aliphatic carbocycles. The van der Waals surface area contributed by atoms with E-state index in [0.717, 1.165) is 22.1 Å². The Balaban J connectivity index is 1.73. The molecule has 0 amide bonds. The van der Waals surface area contributed by atoms with Crippen molar-refractivity contribution in [3.05, 3.63) is 54.2 Å². The van der Waals surface area contributed by atoms with Crippen molar-refractivity contribution >= 4 is 11.8 Å².